The Hall–Kier alpha value is -1.84. The van der Waals surface area contributed by atoms with E-state index in [1.165, 1.54) is 76.3 Å². The molecular weight excluding hydrogens is 362 g/mol. The van der Waals surface area contributed by atoms with E-state index in [1.54, 1.807) is 12.1 Å². The quantitative estimate of drug-likeness (QED) is 0.489. The Morgan fingerprint density at radius 1 is 0.897 bits per heavy atom. The lowest BCUT2D eigenvalue weighted by Gasteiger charge is -2.37. The highest BCUT2D eigenvalue weighted by Gasteiger charge is 2.32. The Kier molecular flexibility index (Phi) is 8.14. The van der Waals surface area contributed by atoms with Crippen molar-refractivity contribution in [3.63, 3.8) is 0 Å². The summed E-state index contributed by atoms with van der Waals surface area (Å²) in [4.78, 5) is 23.5. The van der Waals surface area contributed by atoms with Crippen LogP contribution < -0.4 is 5.32 Å². The standard InChI is InChI=1S/C25H37NO3/c1-2-3-4-5-18-6-8-19(9-7-18)20-10-12-21(13-11-20)24(27)26-23-16-14-22(15-17-23)25(28)29/h14-21H,2-13H2,1H3,(H,26,27)(H,28,29)/t18-,19-,20-,21-. The van der Waals surface area contributed by atoms with Crippen LogP contribution >= 0.6 is 0 Å². The van der Waals surface area contributed by atoms with Gasteiger partial charge in [0, 0.05) is 11.6 Å². The van der Waals surface area contributed by atoms with Crippen molar-refractivity contribution in [1.82, 2.24) is 0 Å². The minimum Gasteiger partial charge on any atom is -0.478 e. The topological polar surface area (TPSA) is 66.4 Å². The van der Waals surface area contributed by atoms with Crippen molar-refractivity contribution in [2.24, 2.45) is 23.7 Å². The molecule has 2 fully saturated rings. The predicted octanol–water partition coefficient (Wildman–Crippen LogP) is 6.52. The Labute approximate surface area is 175 Å². The molecule has 0 aromatic heterocycles. The summed E-state index contributed by atoms with van der Waals surface area (Å²) < 4.78 is 0. The number of rotatable bonds is 8. The predicted molar refractivity (Wildman–Crippen MR) is 117 cm³/mol. The van der Waals surface area contributed by atoms with E-state index in [4.69, 9.17) is 5.11 Å². The number of aromatic carboxylic acids is 1. The highest BCUT2D eigenvalue weighted by atomic mass is 16.4. The molecule has 0 bridgehead atoms. The molecule has 1 aromatic rings. The summed E-state index contributed by atoms with van der Waals surface area (Å²) in [6.07, 6.45) is 15.5. The Balaban J connectivity index is 1.39. The molecule has 0 unspecified atom stereocenters. The van der Waals surface area contributed by atoms with Gasteiger partial charge < -0.3 is 10.4 Å². The minimum absolute atomic E-state index is 0.0890. The zero-order chi connectivity index (χ0) is 20.6. The van der Waals surface area contributed by atoms with E-state index in [9.17, 15) is 9.59 Å². The highest BCUT2D eigenvalue weighted by molar-refractivity contribution is 5.93. The van der Waals surface area contributed by atoms with Crippen molar-refractivity contribution in [3.05, 3.63) is 29.8 Å². The number of carbonyl (C=O) groups is 2. The Morgan fingerprint density at radius 2 is 1.48 bits per heavy atom. The van der Waals surface area contributed by atoms with Gasteiger partial charge >= 0.3 is 5.97 Å². The van der Waals surface area contributed by atoms with Crippen molar-refractivity contribution in [2.75, 3.05) is 5.32 Å². The summed E-state index contributed by atoms with van der Waals surface area (Å²) in [5.41, 5.74) is 0.923. The molecule has 0 aliphatic heterocycles. The summed E-state index contributed by atoms with van der Waals surface area (Å²) in [6, 6.07) is 6.42. The smallest absolute Gasteiger partial charge is 0.335 e. The van der Waals surface area contributed by atoms with Gasteiger partial charge in [-0.15, -0.1) is 0 Å². The number of benzene rings is 1. The van der Waals surface area contributed by atoms with E-state index in [2.05, 4.69) is 12.2 Å². The number of carboxylic acid groups (broad SMARTS) is 1. The molecule has 1 amide bonds. The molecule has 3 rings (SSSR count). The van der Waals surface area contributed by atoms with Gasteiger partial charge in [0.25, 0.3) is 0 Å². The molecule has 2 N–H and O–H groups in total. The number of hydrogen-bond acceptors (Lipinski definition) is 2. The zero-order valence-electron chi connectivity index (χ0n) is 17.9. The van der Waals surface area contributed by atoms with Crippen LogP contribution in [0.25, 0.3) is 0 Å². The minimum atomic E-state index is -0.948. The number of amides is 1. The molecule has 2 saturated carbocycles. The number of carbonyl (C=O) groups excluding carboxylic acids is 1. The normalized spacial score (nSPS) is 27.3. The number of unbranched alkanes of at least 4 members (excludes halogenated alkanes) is 2. The molecule has 0 radical (unpaired) electrons. The van der Waals surface area contributed by atoms with E-state index in [0.29, 0.717) is 5.69 Å². The van der Waals surface area contributed by atoms with E-state index < -0.39 is 5.97 Å². The van der Waals surface area contributed by atoms with Crippen LogP contribution in [-0.2, 0) is 4.79 Å². The highest BCUT2D eigenvalue weighted by Crippen LogP contribution is 2.42. The summed E-state index contributed by atoms with van der Waals surface area (Å²) in [5, 5.41) is 11.9. The first kappa shape index (κ1) is 21.9. The Morgan fingerprint density at radius 3 is 2.03 bits per heavy atom. The van der Waals surface area contributed by atoms with Crippen LogP contribution in [0.1, 0.15) is 94.3 Å². The number of hydrogen-bond donors (Lipinski definition) is 2. The first-order valence-corrected chi connectivity index (χ1v) is 11.7. The Bertz CT molecular complexity index is 653. The zero-order valence-corrected chi connectivity index (χ0v) is 17.9. The summed E-state index contributed by atoms with van der Waals surface area (Å²) in [5.74, 6) is 1.89. The molecule has 1 aromatic carbocycles. The first-order valence-electron chi connectivity index (χ1n) is 11.7. The fourth-order valence-corrected chi connectivity index (χ4v) is 5.42. The molecule has 0 atom stereocenters. The van der Waals surface area contributed by atoms with Crippen LogP contribution in [0.2, 0.25) is 0 Å². The molecule has 4 nitrogen and oxygen atoms in total. The maximum absolute atomic E-state index is 12.6. The second kappa shape index (κ2) is 10.8. The van der Waals surface area contributed by atoms with Crippen molar-refractivity contribution in [2.45, 2.75) is 84.0 Å². The second-order valence-corrected chi connectivity index (χ2v) is 9.26. The van der Waals surface area contributed by atoms with Gasteiger partial charge in [0.1, 0.15) is 0 Å². The van der Waals surface area contributed by atoms with E-state index >= 15 is 0 Å². The fourth-order valence-electron chi connectivity index (χ4n) is 5.42. The van der Waals surface area contributed by atoms with Crippen LogP contribution in [0, 0.1) is 23.7 Å². The van der Waals surface area contributed by atoms with Crippen molar-refractivity contribution in [1.29, 1.82) is 0 Å². The van der Waals surface area contributed by atoms with E-state index in [0.717, 1.165) is 30.6 Å². The van der Waals surface area contributed by atoms with Gasteiger partial charge in [0.15, 0.2) is 0 Å². The second-order valence-electron chi connectivity index (χ2n) is 9.26. The maximum Gasteiger partial charge on any atom is 0.335 e. The van der Waals surface area contributed by atoms with Crippen molar-refractivity contribution >= 4 is 17.6 Å². The summed E-state index contributed by atoms with van der Waals surface area (Å²) in [6.45, 7) is 2.28. The molecule has 29 heavy (non-hydrogen) atoms. The van der Waals surface area contributed by atoms with Gasteiger partial charge in [-0.1, -0.05) is 45.4 Å². The average Bonchev–Trinajstić information content (AvgIpc) is 2.75. The van der Waals surface area contributed by atoms with Crippen molar-refractivity contribution < 1.29 is 14.7 Å². The van der Waals surface area contributed by atoms with Crippen LogP contribution in [-0.4, -0.2) is 17.0 Å². The lowest BCUT2D eigenvalue weighted by molar-refractivity contribution is -0.121. The van der Waals surface area contributed by atoms with Crippen LogP contribution in [0.5, 0.6) is 0 Å². The van der Waals surface area contributed by atoms with Gasteiger partial charge in [0.05, 0.1) is 5.56 Å². The maximum atomic E-state index is 12.6. The number of nitrogens with one attached hydrogen (secondary N) is 1. The third kappa shape index (κ3) is 6.32. The lowest BCUT2D eigenvalue weighted by atomic mass is 9.68. The fraction of sp³-hybridized carbons (Fsp3) is 0.680. The SMILES string of the molecule is CCCCC[C@H]1CC[C@H]([C@H]2CC[C@H](C(=O)Nc3ccc(C(=O)O)cc3)CC2)CC1. The molecular formula is C25H37NO3. The largest absolute Gasteiger partial charge is 0.478 e. The van der Waals surface area contributed by atoms with Gasteiger partial charge in [-0.3, -0.25) is 4.79 Å². The average molecular weight is 400 g/mol. The van der Waals surface area contributed by atoms with E-state index in [1.807, 2.05) is 0 Å². The number of anilines is 1. The van der Waals surface area contributed by atoms with Gasteiger partial charge in [0.2, 0.25) is 5.91 Å². The van der Waals surface area contributed by atoms with Crippen LogP contribution in [0.4, 0.5) is 5.69 Å². The summed E-state index contributed by atoms with van der Waals surface area (Å²) in [7, 11) is 0. The molecule has 160 valence electrons. The van der Waals surface area contributed by atoms with Gasteiger partial charge in [-0.2, -0.15) is 0 Å². The van der Waals surface area contributed by atoms with E-state index in [-0.39, 0.29) is 17.4 Å². The van der Waals surface area contributed by atoms with Crippen LogP contribution in [0.15, 0.2) is 24.3 Å². The monoisotopic (exact) mass is 399 g/mol. The molecule has 2 aliphatic carbocycles. The third-order valence-corrected chi connectivity index (χ3v) is 7.32. The summed E-state index contributed by atoms with van der Waals surface area (Å²) >= 11 is 0. The van der Waals surface area contributed by atoms with Gasteiger partial charge in [-0.05, 0) is 80.5 Å². The van der Waals surface area contributed by atoms with Gasteiger partial charge in [-0.25, -0.2) is 4.79 Å². The molecule has 0 saturated heterocycles. The van der Waals surface area contributed by atoms with Crippen LogP contribution in [0.3, 0.4) is 0 Å². The number of carboxylic acids is 1. The lowest BCUT2D eigenvalue weighted by Crippen LogP contribution is -2.30. The van der Waals surface area contributed by atoms with Crippen molar-refractivity contribution in [3.8, 4) is 0 Å². The molecule has 0 heterocycles. The first-order chi connectivity index (χ1) is 14.1. The molecule has 2 aliphatic rings. The third-order valence-electron chi connectivity index (χ3n) is 7.32. The molecule has 4 heteroatoms. The molecule has 0 spiro atoms.